The molecule has 1 heterocycles. The Morgan fingerprint density at radius 2 is 1.88 bits per heavy atom. The van der Waals surface area contributed by atoms with E-state index in [0.717, 1.165) is 17.4 Å². The van der Waals surface area contributed by atoms with Gasteiger partial charge >= 0.3 is 0 Å². The minimum atomic E-state index is -0.360. The molecule has 5 rings (SSSR count). The molecule has 1 amide bonds. The Balaban J connectivity index is 1.61. The van der Waals surface area contributed by atoms with Gasteiger partial charge in [0.2, 0.25) is 0 Å². The number of aliphatic hydroxyl groups is 1. The maximum atomic E-state index is 13.5. The lowest BCUT2D eigenvalue weighted by Crippen LogP contribution is -2.33. The molecule has 7 heteroatoms. The molecule has 0 radical (unpaired) electrons. The first-order chi connectivity index (χ1) is 15.5. The Morgan fingerprint density at radius 3 is 2.59 bits per heavy atom. The molecule has 2 unspecified atom stereocenters. The van der Waals surface area contributed by atoms with E-state index >= 15 is 0 Å². The Morgan fingerprint density at radius 1 is 1.09 bits per heavy atom. The van der Waals surface area contributed by atoms with E-state index in [2.05, 4.69) is 5.32 Å². The molecule has 0 aliphatic heterocycles. The SMILES string of the molecule is O=C(NC1CCC(O)C1)c1ccc2c(-c3ccccc3Cl)nn(-c3ccc(F)cc3)c2c1. The molecule has 0 saturated heterocycles. The number of rotatable bonds is 4. The van der Waals surface area contributed by atoms with Crippen LogP contribution in [0.2, 0.25) is 5.02 Å². The Bertz CT molecular complexity index is 1300. The van der Waals surface area contributed by atoms with Crippen LogP contribution < -0.4 is 5.32 Å². The molecule has 2 N–H and O–H groups in total. The van der Waals surface area contributed by atoms with Crippen LogP contribution in [0.3, 0.4) is 0 Å². The van der Waals surface area contributed by atoms with Crippen LogP contribution in [-0.2, 0) is 0 Å². The number of nitrogens with zero attached hydrogens (tertiary/aromatic N) is 2. The van der Waals surface area contributed by atoms with Crippen molar-refractivity contribution in [3.8, 4) is 16.9 Å². The highest BCUT2D eigenvalue weighted by atomic mass is 35.5. The van der Waals surface area contributed by atoms with E-state index in [9.17, 15) is 14.3 Å². The highest BCUT2D eigenvalue weighted by Gasteiger charge is 2.25. The van der Waals surface area contributed by atoms with Crippen LogP contribution in [0.5, 0.6) is 0 Å². The van der Waals surface area contributed by atoms with Crippen molar-refractivity contribution in [2.45, 2.75) is 31.4 Å². The van der Waals surface area contributed by atoms with Crippen LogP contribution in [0, 0.1) is 5.82 Å². The number of aromatic nitrogens is 2. The Labute approximate surface area is 189 Å². The van der Waals surface area contributed by atoms with Gasteiger partial charge in [0.1, 0.15) is 11.5 Å². The fourth-order valence-corrected chi connectivity index (χ4v) is 4.47. The second-order valence-electron chi connectivity index (χ2n) is 8.09. The summed E-state index contributed by atoms with van der Waals surface area (Å²) in [6, 6.07) is 18.9. The molecule has 1 fully saturated rings. The highest BCUT2D eigenvalue weighted by Crippen LogP contribution is 2.34. The molecule has 162 valence electrons. The van der Waals surface area contributed by atoms with Gasteiger partial charge in [-0.05, 0) is 67.8 Å². The third kappa shape index (κ3) is 3.87. The number of halogens is 2. The van der Waals surface area contributed by atoms with Gasteiger partial charge in [0.25, 0.3) is 5.91 Å². The van der Waals surface area contributed by atoms with Crippen molar-refractivity contribution in [3.63, 3.8) is 0 Å². The van der Waals surface area contributed by atoms with Crippen LogP contribution in [0.25, 0.3) is 27.8 Å². The van der Waals surface area contributed by atoms with Crippen molar-refractivity contribution in [2.75, 3.05) is 0 Å². The first-order valence-corrected chi connectivity index (χ1v) is 10.9. The Hall–Kier alpha value is -3.22. The minimum Gasteiger partial charge on any atom is -0.393 e. The molecule has 0 bridgehead atoms. The second kappa shape index (κ2) is 8.37. The van der Waals surface area contributed by atoms with E-state index in [1.165, 1.54) is 12.1 Å². The zero-order chi connectivity index (χ0) is 22.2. The van der Waals surface area contributed by atoms with E-state index in [-0.39, 0.29) is 23.9 Å². The summed E-state index contributed by atoms with van der Waals surface area (Å²) in [5.74, 6) is -0.535. The number of benzene rings is 3. The lowest BCUT2D eigenvalue weighted by Gasteiger charge is -2.12. The number of carbonyl (C=O) groups is 1. The van der Waals surface area contributed by atoms with Gasteiger partial charge in [0, 0.05) is 22.6 Å². The summed E-state index contributed by atoms with van der Waals surface area (Å²) in [4.78, 5) is 12.9. The number of fused-ring (bicyclic) bond motifs is 1. The monoisotopic (exact) mass is 449 g/mol. The average molecular weight is 450 g/mol. The van der Waals surface area contributed by atoms with Crippen molar-refractivity contribution in [1.82, 2.24) is 15.1 Å². The topological polar surface area (TPSA) is 67.2 Å². The molecular formula is C25H21ClFN3O2. The molecule has 3 aromatic carbocycles. The molecule has 1 aliphatic rings. The molecule has 5 nitrogen and oxygen atoms in total. The number of hydrogen-bond acceptors (Lipinski definition) is 3. The summed E-state index contributed by atoms with van der Waals surface area (Å²) in [7, 11) is 0. The van der Waals surface area contributed by atoms with E-state index in [0.29, 0.717) is 40.3 Å². The predicted molar refractivity (Wildman–Crippen MR) is 123 cm³/mol. The van der Waals surface area contributed by atoms with Crippen LogP contribution in [0.4, 0.5) is 4.39 Å². The lowest BCUT2D eigenvalue weighted by atomic mass is 10.1. The smallest absolute Gasteiger partial charge is 0.251 e. The summed E-state index contributed by atoms with van der Waals surface area (Å²) in [5.41, 5.74) is 3.34. The zero-order valence-corrected chi connectivity index (χ0v) is 17.9. The molecular weight excluding hydrogens is 429 g/mol. The summed E-state index contributed by atoms with van der Waals surface area (Å²) < 4.78 is 15.2. The van der Waals surface area contributed by atoms with Crippen LogP contribution in [0.1, 0.15) is 29.6 Å². The van der Waals surface area contributed by atoms with Gasteiger partial charge in [0.05, 0.1) is 22.3 Å². The average Bonchev–Trinajstić information content (AvgIpc) is 3.37. The van der Waals surface area contributed by atoms with Gasteiger partial charge in [0.15, 0.2) is 0 Å². The summed E-state index contributed by atoms with van der Waals surface area (Å²) in [6.07, 6.45) is 1.67. The summed E-state index contributed by atoms with van der Waals surface area (Å²) >= 11 is 6.44. The lowest BCUT2D eigenvalue weighted by molar-refractivity contribution is 0.0934. The quantitative estimate of drug-likeness (QED) is 0.454. The number of carbonyl (C=O) groups excluding carboxylic acids is 1. The first kappa shape index (κ1) is 20.7. The minimum absolute atomic E-state index is 0.0334. The van der Waals surface area contributed by atoms with Crippen molar-refractivity contribution < 1.29 is 14.3 Å². The second-order valence-corrected chi connectivity index (χ2v) is 8.49. The van der Waals surface area contributed by atoms with E-state index < -0.39 is 0 Å². The van der Waals surface area contributed by atoms with Gasteiger partial charge in [-0.1, -0.05) is 29.8 Å². The summed E-state index contributed by atoms with van der Waals surface area (Å²) in [5, 5.41) is 18.9. The van der Waals surface area contributed by atoms with Crippen molar-refractivity contribution >= 4 is 28.4 Å². The Kier molecular flexibility index (Phi) is 5.41. The van der Waals surface area contributed by atoms with Crippen molar-refractivity contribution in [2.24, 2.45) is 0 Å². The third-order valence-corrected chi connectivity index (χ3v) is 6.21. The predicted octanol–water partition coefficient (Wildman–Crippen LogP) is 5.13. The molecule has 4 aromatic rings. The standard InChI is InChI=1S/C25H21ClFN3O2/c26-22-4-2-1-3-20(22)24-21-12-5-15(25(32)28-17-8-11-19(31)14-17)13-23(21)30(29-24)18-9-6-16(27)7-10-18/h1-7,9-10,12-13,17,19,31H,8,11,14H2,(H,28,32). The van der Waals surface area contributed by atoms with Crippen LogP contribution in [0.15, 0.2) is 66.7 Å². The van der Waals surface area contributed by atoms with Gasteiger partial charge < -0.3 is 10.4 Å². The van der Waals surface area contributed by atoms with Gasteiger partial charge in [-0.3, -0.25) is 4.79 Å². The maximum absolute atomic E-state index is 13.5. The highest BCUT2D eigenvalue weighted by molar-refractivity contribution is 6.33. The third-order valence-electron chi connectivity index (χ3n) is 5.88. The van der Waals surface area contributed by atoms with Gasteiger partial charge in [-0.15, -0.1) is 0 Å². The molecule has 1 saturated carbocycles. The fourth-order valence-electron chi connectivity index (χ4n) is 4.24. The van der Waals surface area contributed by atoms with Crippen LogP contribution >= 0.6 is 11.6 Å². The van der Waals surface area contributed by atoms with Gasteiger partial charge in [-0.25, -0.2) is 9.07 Å². The molecule has 1 aliphatic carbocycles. The molecule has 0 spiro atoms. The largest absolute Gasteiger partial charge is 0.393 e. The van der Waals surface area contributed by atoms with Gasteiger partial charge in [-0.2, -0.15) is 5.10 Å². The van der Waals surface area contributed by atoms with Crippen LogP contribution in [-0.4, -0.2) is 32.9 Å². The van der Waals surface area contributed by atoms with Crippen molar-refractivity contribution in [3.05, 3.63) is 83.1 Å². The molecule has 1 aromatic heterocycles. The number of hydrogen-bond donors (Lipinski definition) is 2. The molecule has 2 atom stereocenters. The number of amides is 1. The summed E-state index contributed by atoms with van der Waals surface area (Å²) in [6.45, 7) is 0. The van der Waals surface area contributed by atoms with E-state index in [1.807, 2.05) is 24.3 Å². The van der Waals surface area contributed by atoms with E-state index in [4.69, 9.17) is 16.7 Å². The number of nitrogens with one attached hydrogen (secondary N) is 1. The fraction of sp³-hybridized carbons (Fsp3) is 0.200. The first-order valence-electron chi connectivity index (χ1n) is 10.5. The normalized spacial score (nSPS) is 18.2. The van der Waals surface area contributed by atoms with Crippen molar-refractivity contribution in [1.29, 1.82) is 0 Å². The maximum Gasteiger partial charge on any atom is 0.251 e. The number of aliphatic hydroxyl groups excluding tert-OH is 1. The van der Waals surface area contributed by atoms with E-state index in [1.54, 1.807) is 35.0 Å². The zero-order valence-electron chi connectivity index (χ0n) is 17.1. The molecule has 32 heavy (non-hydrogen) atoms.